The van der Waals surface area contributed by atoms with Gasteiger partial charge in [-0.2, -0.15) is 13.2 Å². The van der Waals surface area contributed by atoms with E-state index in [0.717, 1.165) is 17.7 Å². The minimum absolute atomic E-state index is 0.182. The van der Waals surface area contributed by atoms with Gasteiger partial charge in [-0.1, -0.05) is 23.7 Å². The van der Waals surface area contributed by atoms with E-state index in [4.69, 9.17) is 16.3 Å². The Morgan fingerprint density at radius 2 is 1.74 bits per heavy atom. The predicted molar refractivity (Wildman–Crippen MR) is 94.8 cm³/mol. The number of nitrogens with one attached hydrogen (secondary N) is 2. The molecule has 5 nitrogen and oxygen atoms in total. The fourth-order valence-electron chi connectivity index (χ4n) is 2.21. The Kier molecular flexibility index (Phi) is 6.68. The number of methoxy groups -OCH3 is 1. The van der Waals surface area contributed by atoms with Crippen LogP contribution in [0.5, 0.6) is 5.75 Å². The van der Waals surface area contributed by atoms with Crippen molar-refractivity contribution < 1.29 is 27.5 Å². The van der Waals surface area contributed by atoms with Crippen LogP contribution in [0, 0.1) is 0 Å². The Balaban J connectivity index is 1.90. The zero-order chi connectivity index (χ0) is 20.0. The average Bonchev–Trinajstić information content (AvgIpc) is 2.61. The molecule has 0 aliphatic rings. The molecular formula is C18H16ClF3N2O3. The summed E-state index contributed by atoms with van der Waals surface area (Å²) in [5.74, 6) is -1.35. The number of carbonyl (C=O) groups is 2. The lowest BCUT2D eigenvalue weighted by Gasteiger charge is -2.11. The number of ether oxygens (including phenoxy) is 1. The SMILES string of the molecule is COc1ccc(CCNC(=O)C(=O)Nc2cc(Cl)cc(C(F)(F)F)c2)cc1. The maximum absolute atomic E-state index is 12.8. The van der Waals surface area contributed by atoms with Crippen molar-refractivity contribution >= 4 is 29.1 Å². The predicted octanol–water partition coefficient (Wildman–Crippen LogP) is 3.66. The lowest BCUT2D eigenvalue weighted by molar-refractivity contribution is -0.137. The standard InChI is InChI=1S/C18H16ClF3N2O3/c1-27-15-4-2-11(3-5-15)6-7-23-16(25)17(26)24-14-9-12(18(20,21)22)8-13(19)10-14/h2-5,8-10H,6-7H2,1H3,(H,23,25)(H,24,26). The first kappa shape index (κ1) is 20.6. The van der Waals surface area contributed by atoms with E-state index in [1.165, 1.54) is 0 Å². The van der Waals surface area contributed by atoms with E-state index < -0.39 is 23.6 Å². The van der Waals surface area contributed by atoms with Gasteiger partial charge in [0.2, 0.25) is 0 Å². The van der Waals surface area contributed by atoms with Gasteiger partial charge < -0.3 is 15.4 Å². The Morgan fingerprint density at radius 1 is 1.07 bits per heavy atom. The van der Waals surface area contributed by atoms with Gasteiger partial charge in [-0.05, 0) is 42.3 Å². The van der Waals surface area contributed by atoms with E-state index in [1.807, 2.05) is 12.1 Å². The van der Waals surface area contributed by atoms with Crippen molar-refractivity contribution in [3.05, 3.63) is 58.6 Å². The molecule has 0 aliphatic carbocycles. The van der Waals surface area contributed by atoms with Gasteiger partial charge in [0.05, 0.1) is 12.7 Å². The maximum atomic E-state index is 12.8. The molecule has 0 unspecified atom stereocenters. The molecule has 0 atom stereocenters. The zero-order valence-electron chi connectivity index (χ0n) is 14.2. The van der Waals surface area contributed by atoms with Crippen molar-refractivity contribution in [3.8, 4) is 5.75 Å². The van der Waals surface area contributed by atoms with Crippen LogP contribution in [0.25, 0.3) is 0 Å². The molecule has 2 N–H and O–H groups in total. The van der Waals surface area contributed by atoms with Crippen molar-refractivity contribution in [2.75, 3.05) is 19.0 Å². The molecule has 0 heterocycles. The largest absolute Gasteiger partial charge is 0.497 e. The van der Waals surface area contributed by atoms with E-state index in [2.05, 4.69) is 10.6 Å². The summed E-state index contributed by atoms with van der Waals surface area (Å²) < 4.78 is 43.3. The Hall–Kier alpha value is -2.74. The highest BCUT2D eigenvalue weighted by molar-refractivity contribution is 6.39. The van der Waals surface area contributed by atoms with Crippen LogP contribution in [0.3, 0.4) is 0 Å². The van der Waals surface area contributed by atoms with Gasteiger partial charge in [-0.15, -0.1) is 0 Å². The molecular weight excluding hydrogens is 385 g/mol. The monoisotopic (exact) mass is 400 g/mol. The van der Waals surface area contributed by atoms with Gasteiger partial charge in [-0.3, -0.25) is 9.59 Å². The number of anilines is 1. The van der Waals surface area contributed by atoms with Crippen LogP contribution in [-0.2, 0) is 22.2 Å². The Morgan fingerprint density at radius 3 is 2.33 bits per heavy atom. The second kappa shape index (κ2) is 8.77. The maximum Gasteiger partial charge on any atom is 0.416 e. The highest BCUT2D eigenvalue weighted by Gasteiger charge is 2.31. The van der Waals surface area contributed by atoms with Crippen LogP contribution in [0.15, 0.2) is 42.5 Å². The van der Waals surface area contributed by atoms with Crippen molar-refractivity contribution in [1.29, 1.82) is 0 Å². The lowest BCUT2D eigenvalue weighted by atomic mass is 10.1. The number of benzene rings is 2. The molecule has 0 radical (unpaired) electrons. The smallest absolute Gasteiger partial charge is 0.416 e. The number of carbonyl (C=O) groups excluding carboxylic acids is 2. The number of hydrogen-bond donors (Lipinski definition) is 2. The van der Waals surface area contributed by atoms with E-state index in [-0.39, 0.29) is 17.3 Å². The quantitative estimate of drug-likeness (QED) is 0.753. The third-order valence-electron chi connectivity index (χ3n) is 3.55. The second-order valence-electron chi connectivity index (χ2n) is 5.53. The summed E-state index contributed by atoms with van der Waals surface area (Å²) in [6, 6.07) is 9.72. The zero-order valence-corrected chi connectivity index (χ0v) is 14.9. The molecule has 2 aromatic rings. The van der Waals surface area contributed by atoms with Crippen LogP contribution >= 0.6 is 11.6 Å². The van der Waals surface area contributed by atoms with Crippen molar-refractivity contribution in [2.45, 2.75) is 12.6 Å². The van der Waals surface area contributed by atoms with E-state index in [9.17, 15) is 22.8 Å². The minimum atomic E-state index is -4.62. The molecule has 0 bridgehead atoms. The molecule has 0 aliphatic heterocycles. The van der Waals surface area contributed by atoms with Gasteiger partial charge in [0, 0.05) is 17.3 Å². The van der Waals surface area contributed by atoms with Gasteiger partial charge in [0.25, 0.3) is 0 Å². The third-order valence-corrected chi connectivity index (χ3v) is 3.77. The van der Waals surface area contributed by atoms with Crippen molar-refractivity contribution in [3.63, 3.8) is 0 Å². The summed E-state index contributed by atoms with van der Waals surface area (Å²) in [7, 11) is 1.55. The topological polar surface area (TPSA) is 67.4 Å². The van der Waals surface area contributed by atoms with E-state index >= 15 is 0 Å². The number of halogens is 4. The number of amides is 2. The molecule has 0 spiro atoms. The molecule has 0 saturated carbocycles. The minimum Gasteiger partial charge on any atom is -0.497 e. The number of rotatable bonds is 5. The summed E-state index contributed by atoms with van der Waals surface area (Å²) in [5.41, 5.74) is -0.323. The molecule has 0 saturated heterocycles. The Bertz CT molecular complexity index is 824. The Labute approximate surface area is 158 Å². The highest BCUT2D eigenvalue weighted by Crippen LogP contribution is 2.33. The summed E-state index contributed by atoms with van der Waals surface area (Å²) >= 11 is 5.63. The molecule has 2 aromatic carbocycles. The molecule has 144 valence electrons. The third kappa shape index (κ3) is 6.18. The van der Waals surface area contributed by atoms with Gasteiger partial charge in [0.15, 0.2) is 0 Å². The van der Waals surface area contributed by atoms with Crippen LogP contribution in [0.4, 0.5) is 18.9 Å². The van der Waals surface area contributed by atoms with Crippen LogP contribution < -0.4 is 15.4 Å². The van der Waals surface area contributed by atoms with E-state index in [1.54, 1.807) is 19.2 Å². The fourth-order valence-corrected chi connectivity index (χ4v) is 2.44. The highest BCUT2D eigenvalue weighted by atomic mass is 35.5. The number of alkyl halides is 3. The normalized spacial score (nSPS) is 11.0. The fraction of sp³-hybridized carbons (Fsp3) is 0.222. The molecule has 2 amide bonds. The first-order valence-corrected chi connectivity index (χ1v) is 8.17. The summed E-state index contributed by atoms with van der Waals surface area (Å²) in [6.45, 7) is 0.182. The van der Waals surface area contributed by atoms with Crippen molar-refractivity contribution in [2.24, 2.45) is 0 Å². The molecule has 0 fully saturated rings. The average molecular weight is 401 g/mol. The summed E-state index contributed by atoms with van der Waals surface area (Å²) in [6.07, 6.45) is -4.15. The van der Waals surface area contributed by atoms with Crippen LogP contribution in [-0.4, -0.2) is 25.5 Å². The molecule has 2 rings (SSSR count). The number of hydrogen-bond acceptors (Lipinski definition) is 3. The van der Waals surface area contributed by atoms with Gasteiger partial charge in [-0.25, -0.2) is 0 Å². The first-order valence-electron chi connectivity index (χ1n) is 7.79. The van der Waals surface area contributed by atoms with Crippen LogP contribution in [0.2, 0.25) is 5.02 Å². The summed E-state index contributed by atoms with van der Waals surface area (Å²) in [5, 5.41) is 4.30. The molecule has 0 aromatic heterocycles. The van der Waals surface area contributed by atoms with Crippen molar-refractivity contribution in [1.82, 2.24) is 5.32 Å². The van der Waals surface area contributed by atoms with E-state index in [0.29, 0.717) is 18.2 Å². The molecule has 9 heteroatoms. The van der Waals surface area contributed by atoms with Gasteiger partial charge >= 0.3 is 18.0 Å². The summed E-state index contributed by atoms with van der Waals surface area (Å²) in [4.78, 5) is 23.7. The first-order chi connectivity index (χ1) is 12.7. The van der Waals surface area contributed by atoms with Crippen LogP contribution in [0.1, 0.15) is 11.1 Å². The second-order valence-corrected chi connectivity index (χ2v) is 5.97. The lowest BCUT2D eigenvalue weighted by Crippen LogP contribution is -2.36. The molecule has 27 heavy (non-hydrogen) atoms. The van der Waals surface area contributed by atoms with Gasteiger partial charge in [0.1, 0.15) is 5.75 Å².